The van der Waals surface area contributed by atoms with Crippen molar-refractivity contribution >= 4 is 29.3 Å². The lowest BCUT2D eigenvalue weighted by atomic mass is 10.2. The monoisotopic (exact) mass is 309 g/mol. The molecule has 0 fully saturated rings. The first-order valence-electron chi connectivity index (χ1n) is 5.83. The summed E-state index contributed by atoms with van der Waals surface area (Å²) in [4.78, 5) is 23.3. The Labute approximate surface area is 125 Å². The number of benzene rings is 1. The Bertz CT molecular complexity index is 684. The zero-order valence-corrected chi connectivity index (χ0v) is 12.0. The van der Waals surface area contributed by atoms with Gasteiger partial charge in [-0.3, -0.25) is 9.89 Å². The van der Waals surface area contributed by atoms with Gasteiger partial charge in [0.05, 0.1) is 19.2 Å². The fourth-order valence-corrected chi connectivity index (χ4v) is 1.85. The maximum atomic E-state index is 12.0. The van der Waals surface area contributed by atoms with E-state index in [2.05, 4.69) is 20.3 Å². The molecule has 0 atom stereocenters. The molecule has 1 amide bonds. The summed E-state index contributed by atoms with van der Waals surface area (Å²) < 4.78 is 9.53. The average Bonchev–Trinajstić information content (AvgIpc) is 2.94. The molecule has 8 heteroatoms. The molecule has 0 radical (unpaired) electrons. The summed E-state index contributed by atoms with van der Waals surface area (Å²) in [5.41, 5.74) is 0.476. The minimum Gasteiger partial charge on any atom is -0.495 e. The van der Waals surface area contributed by atoms with Crippen LogP contribution in [0.15, 0.2) is 24.3 Å². The van der Waals surface area contributed by atoms with Gasteiger partial charge in [-0.05, 0) is 18.2 Å². The molecule has 0 aliphatic heterocycles. The van der Waals surface area contributed by atoms with Gasteiger partial charge in [0.15, 0.2) is 5.82 Å². The van der Waals surface area contributed by atoms with Crippen LogP contribution in [0.2, 0.25) is 5.02 Å². The quantitative estimate of drug-likeness (QED) is 0.844. The molecule has 1 aromatic carbocycles. The number of nitrogens with zero attached hydrogens (tertiary/aromatic N) is 1. The molecule has 0 bridgehead atoms. The Balaban J connectivity index is 2.12. The van der Waals surface area contributed by atoms with Crippen molar-refractivity contribution in [1.29, 1.82) is 0 Å². The highest BCUT2D eigenvalue weighted by atomic mass is 35.5. The van der Waals surface area contributed by atoms with E-state index in [-0.39, 0.29) is 11.5 Å². The minimum atomic E-state index is -0.574. The third-order valence-corrected chi connectivity index (χ3v) is 2.93. The van der Waals surface area contributed by atoms with Gasteiger partial charge in [0.2, 0.25) is 0 Å². The van der Waals surface area contributed by atoms with Crippen LogP contribution < -0.4 is 10.1 Å². The predicted octanol–water partition coefficient (Wildman–Crippen LogP) is 2.11. The molecule has 0 saturated carbocycles. The first-order valence-corrected chi connectivity index (χ1v) is 6.21. The Hall–Kier alpha value is -2.54. The fraction of sp³-hybridized carbons (Fsp3) is 0.154. The molecule has 110 valence electrons. The van der Waals surface area contributed by atoms with Crippen molar-refractivity contribution in [2.75, 3.05) is 19.5 Å². The summed E-state index contributed by atoms with van der Waals surface area (Å²) in [5.74, 6) is -0.314. The van der Waals surface area contributed by atoms with E-state index in [1.54, 1.807) is 12.1 Å². The van der Waals surface area contributed by atoms with Crippen LogP contribution in [0.3, 0.4) is 0 Å². The van der Waals surface area contributed by atoms with Crippen LogP contribution in [0.25, 0.3) is 0 Å². The maximum absolute atomic E-state index is 12.0. The van der Waals surface area contributed by atoms with Crippen LogP contribution in [0.4, 0.5) is 5.82 Å². The molecule has 0 saturated heterocycles. The SMILES string of the molecule is COC(=O)c1cc(NC(=O)c2ccc(OC)c(Cl)c2)n[nH]1. The van der Waals surface area contributed by atoms with Crippen molar-refractivity contribution in [2.45, 2.75) is 0 Å². The zero-order chi connectivity index (χ0) is 15.4. The van der Waals surface area contributed by atoms with Gasteiger partial charge in [0.1, 0.15) is 11.4 Å². The van der Waals surface area contributed by atoms with E-state index in [1.165, 1.54) is 26.4 Å². The van der Waals surface area contributed by atoms with Crippen LogP contribution in [-0.4, -0.2) is 36.3 Å². The Morgan fingerprint density at radius 1 is 1.29 bits per heavy atom. The molecule has 21 heavy (non-hydrogen) atoms. The minimum absolute atomic E-state index is 0.139. The number of carbonyl (C=O) groups is 2. The van der Waals surface area contributed by atoms with E-state index >= 15 is 0 Å². The van der Waals surface area contributed by atoms with Gasteiger partial charge in [-0.1, -0.05) is 11.6 Å². The van der Waals surface area contributed by atoms with Gasteiger partial charge in [0.25, 0.3) is 5.91 Å². The normalized spacial score (nSPS) is 10.0. The second kappa shape index (κ2) is 6.27. The molecule has 2 rings (SSSR count). The molecule has 1 heterocycles. The summed E-state index contributed by atoms with van der Waals surface area (Å²) in [6.07, 6.45) is 0. The number of anilines is 1. The van der Waals surface area contributed by atoms with E-state index in [9.17, 15) is 9.59 Å². The third-order valence-electron chi connectivity index (χ3n) is 2.64. The molecular formula is C13H12ClN3O4. The molecule has 0 spiro atoms. The number of carbonyl (C=O) groups excluding carboxylic acids is 2. The van der Waals surface area contributed by atoms with Gasteiger partial charge in [-0.25, -0.2) is 4.79 Å². The van der Waals surface area contributed by atoms with Gasteiger partial charge in [0, 0.05) is 11.6 Å². The largest absolute Gasteiger partial charge is 0.495 e. The van der Waals surface area contributed by atoms with E-state index in [0.29, 0.717) is 16.3 Å². The van der Waals surface area contributed by atoms with Crippen LogP contribution in [0.5, 0.6) is 5.75 Å². The van der Waals surface area contributed by atoms with E-state index in [4.69, 9.17) is 16.3 Å². The van der Waals surface area contributed by atoms with E-state index in [0.717, 1.165) is 0 Å². The van der Waals surface area contributed by atoms with Gasteiger partial charge < -0.3 is 14.8 Å². The van der Waals surface area contributed by atoms with Gasteiger partial charge in [-0.2, -0.15) is 5.10 Å². The fourth-order valence-electron chi connectivity index (χ4n) is 1.60. The molecule has 0 aliphatic carbocycles. The van der Waals surface area contributed by atoms with Crippen molar-refractivity contribution in [2.24, 2.45) is 0 Å². The topological polar surface area (TPSA) is 93.3 Å². The van der Waals surface area contributed by atoms with Gasteiger partial charge >= 0.3 is 5.97 Å². The highest BCUT2D eigenvalue weighted by Crippen LogP contribution is 2.25. The lowest BCUT2D eigenvalue weighted by molar-refractivity contribution is 0.0594. The van der Waals surface area contributed by atoms with Crippen molar-refractivity contribution in [3.05, 3.63) is 40.5 Å². The molecule has 2 N–H and O–H groups in total. The smallest absolute Gasteiger partial charge is 0.356 e. The number of hydrogen-bond acceptors (Lipinski definition) is 5. The number of rotatable bonds is 4. The zero-order valence-electron chi connectivity index (χ0n) is 11.3. The van der Waals surface area contributed by atoms with Crippen molar-refractivity contribution in [3.8, 4) is 5.75 Å². The van der Waals surface area contributed by atoms with Crippen molar-refractivity contribution in [1.82, 2.24) is 10.2 Å². The van der Waals surface area contributed by atoms with Crippen LogP contribution in [-0.2, 0) is 4.74 Å². The molecule has 0 aliphatic rings. The number of methoxy groups -OCH3 is 2. The number of aromatic amines is 1. The number of H-pyrrole nitrogens is 1. The van der Waals surface area contributed by atoms with Crippen molar-refractivity contribution < 1.29 is 19.1 Å². The summed E-state index contributed by atoms with van der Waals surface area (Å²) in [7, 11) is 2.74. The number of aromatic nitrogens is 2. The standard InChI is InChI=1S/C13H12ClN3O4/c1-20-10-4-3-7(5-8(10)14)12(18)15-11-6-9(16-17-11)13(19)21-2/h3-6H,1-2H3,(H2,15,16,17,18). The Morgan fingerprint density at radius 3 is 2.67 bits per heavy atom. The lowest BCUT2D eigenvalue weighted by Crippen LogP contribution is -2.12. The number of hydrogen-bond donors (Lipinski definition) is 2. The molecule has 2 aromatic rings. The van der Waals surface area contributed by atoms with E-state index < -0.39 is 11.9 Å². The van der Waals surface area contributed by atoms with Gasteiger partial charge in [-0.15, -0.1) is 0 Å². The predicted molar refractivity (Wildman–Crippen MR) is 75.9 cm³/mol. The van der Waals surface area contributed by atoms with Crippen LogP contribution >= 0.6 is 11.6 Å². The first kappa shape index (κ1) is 14.9. The summed E-state index contributed by atoms with van der Waals surface area (Å²) >= 11 is 5.95. The molecule has 1 aromatic heterocycles. The summed E-state index contributed by atoms with van der Waals surface area (Å²) in [6, 6.07) is 5.99. The molecular weight excluding hydrogens is 298 g/mol. The summed E-state index contributed by atoms with van der Waals surface area (Å²) in [6.45, 7) is 0. The number of halogens is 1. The second-order valence-electron chi connectivity index (χ2n) is 3.96. The number of amides is 1. The second-order valence-corrected chi connectivity index (χ2v) is 4.37. The number of esters is 1. The average molecular weight is 310 g/mol. The highest BCUT2D eigenvalue weighted by Gasteiger charge is 2.13. The highest BCUT2D eigenvalue weighted by molar-refractivity contribution is 6.32. The Morgan fingerprint density at radius 2 is 2.05 bits per heavy atom. The molecule has 0 unspecified atom stereocenters. The van der Waals surface area contributed by atoms with Crippen LogP contribution in [0, 0.1) is 0 Å². The number of nitrogens with one attached hydrogen (secondary N) is 2. The first-order chi connectivity index (χ1) is 10.0. The maximum Gasteiger partial charge on any atom is 0.356 e. The molecule has 7 nitrogen and oxygen atoms in total. The van der Waals surface area contributed by atoms with Crippen LogP contribution in [0.1, 0.15) is 20.8 Å². The summed E-state index contributed by atoms with van der Waals surface area (Å²) in [5, 5.41) is 9.10. The van der Waals surface area contributed by atoms with E-state index in [1.807, 2.05) is 0 Å². The van der Waals surface area contributed by atoms with Crippen molar-refractivity contribution in [3.63, 3.8) is 0 Å². The number of ether oxygens (including phenoxy) is 2. The Kier molecular flexibility index (Phi) is 4.44. The third kappa shape index (κ3) is 3.32. The lowest BCUT2D eigenvalue weighted by Gasteiger charge is -2.05.